The average Bonchev–Trinajstić information content (AvgIpc) is 2.21. The summed E-state index contributed by atoms with van der Waals surface area (Å²) < 4.78 is 0. The smallest absolute Gasteiger partial charge is 0.325 e. The molecule has 3 heteroatoms. The monoisotopic (exact) mass is 217 g/mol. The lowest BCUT2D eigenvalue weighted by atomic mass is 9.96. The number of aliphatic carboxylic acids is 1. The molecule has 1 atom stereocenters. The van der Waals surface area contributed by atoms with E-state index in [9.17, 15) is 9.90 Å². The predicted octanol–water partition coefficient (Wildman–Crippen LogP) is 1.65. The zero-order valence-electron chi connectivity index (χ0n) is 9.45. The summed E-state index contributed by atoms with van der Waals surface area (Å²) in [5.74, 6) is 1.48. The van der Waals surface area contributed by atoms with E-state index in [1.54, 1.807) is 0 Å². The highest BCUT2D eigenvalue weighted by Gasteiger charge is 2.21. The molecule has 0 fully saturated rings. The summed E-state index contributed by atoms with van der Waals surface area (Å²) in [7, 11) is 0. The van der Waals surface area contributed by atoms with E-state index >= 15 is 0 Å². The molecule has 0 aliphatic heterocycles. The van der Waals surface area contributed by atoms with Gasteiger partial charge in [-0.3, -0.25) is 10.1 Å². The second-order valence-corrected chi connectivity index (χ2v) is 3.66. The van der Waals surface area contributed by atoms with Crippen molar-refractivity contribution in [3.05, 3.63) is 34.9 Å². The third-order valence-corrected chi connectivity index (χ3v) is 2.49. The Morgan fingerprint density at radius 3 is 2.50 bits per heavy atom. The van der Waals surface area contributed by atoms with Crippen LogP contribution in [-0.4, -0.2) is 17.6 Å². The van der Waals surface area contributed by atoms with Gasteiger partial charge in [0, 0.05) is 0 Å². The molecule has 0 aliphatic rings. The van der Waals surface area contributed by atoms with Crippen LogP contribution >= 0.6 is 0 Å². The van der Waals surface area contributed by atoms with Crippen molar-refractivity contribution in [1.29, 1.82) is 0 Å². The van der Waals surface area contributed by atoms with Gasteiger partial charge >= 0.3 is 5.97 Å². The molecule has 1 aromatic carbocycles. The standard InChI is InChI=1S/C13H15NO2/c1-4-8-14-12(13(15)16)11-9(2)6-5-7-10(11)3/h1,5-7,12,14H,8H2,2-3H3,(H,15,16). The van der Waals surface area contributed by atoms with E-state index in [1.807, 2.05) is 32.0 Å². The number of carbonyl (C=O) groups is 1. The van der Waals surface area contributed by atoms with Crippen LogP contribution in [0.2, 0.25) is 0 Å². The first-order valence-electron chi connectivity index (χ1n) is 5.03. The fourth-order valence-electron chi connectivity index (χ4n) is 1.76. The fraction of sp³-hybridized carbons (Fsp3) is 0.308. The van der Waals surface area contributed by atoms with Crippen LogP contribution < -0.4 is 5.32 Å². The number of carboxylic acid groups (broad SMARTS) is 1. The van der Waals surface area contributed by atoms with Gasteiger partial charge in [-0.05, 0) is 30.5 Å². The molecular formula is C13H15NO2. The zero-order chi connectivity index (χ0) is 12.1. The Labute approximate surface area is 95.5 Å². The second-order valence-electron chi connectivity index (χ2n) is 3.66. The number of hydrogen-bond acceptors (Lipinski definition) is 2. The molecule has 1 unspecified atom stereocenters. The van der Waals surface area contributed by atoms with Crippen LogP contribution in [0.4, 0.5) is 0 Å². The van der Waals surface area contributed by atoms with Gasteiger partial charge in [0.05, 0.1) is 6.54 Å². The highest BCUT2D eigenvalue weighted by molar-refractivity contribution is 5.76. The van der Waals surface area contributed by atoms with Gasteiger partial charge in [0.25, 0.3) is 0 Å². The van der Waals surface area contributed by atoms with Crippen molar-refractivity contribution >= 4 is 5.97 Å². The topological polar surface area (TPSA) is 49.3 Å². The van der Waals surface area contributed by atoms with E-state index in [0.29, 0.717) is 0 Å². The van der Waals surface area contributed by atoms with Gasteiger partial charge in [-0.15, -0.1) is 6.42 Å². The molecule has 16 heavy (non-hydrogen) atoms. The molecular weight excluding hydrogens is 202 g/mol. The Bertz CT molecular complexity index is 412. The van der Waals surface area contributed by atoms with Crippen LogP contribution in [0.5, 0.6) is 0 Å². The lowest BCUT2D eigenvalue weighted by Gasteiger charge is -2.18. The molecule has 0 amide bonds. The van der Waals surface area contributed by atoms with Gasteiger partial charge in [-0.25, -0.2) is 0 Å². The highest BCUT2D eigenvalue weighted by atomic mass is 16.4. The fourth-order valence-corrected chi connectivity index (χ4v) is 1.76. The van der Waals surface area contributed by atoms with Crippen LogP contribution in [0, 0.1) is 26.2 Å². The number of nitrogens with one attached hydrogen (secondary N) is 1. The first kappa shape index (κ1) is 12.3. The Kier molecular flexibility index (Phi) is 4.10. The van der Waals surface area contributed by atoms with Crippen LogP contribution in [0.3, 0.4) is 0 Å². The average molecular weight is 217 g/mol. The molecule has 0 aromatic heterocycles. The van der Waals surface area contributed by atoms with Gasteiger partial charge in [0.1, 0.15) is 6.04 Å². The minimum Gasteiger partial charge on any atom is -0.480 e. The first-order valence-corrected chi connectivity index (χ1v) is 5.03. The summed E-state index contributed by atoms with van der Waals surface area (Å²) in [5.41, 5.74) is 2.71. The summed E-state index contributed by atoms with van der Waals surface area (Å²) in [6.45, 7) is 4.04. The lowest BCUT2D eigenvalue weighted by Crippen LogP contribution is -2.30. The largest absolute Gasteiger partial charge is 0.480 e. The molecule has 3 nitrogen and oxygen atoms in total. The normalized spacial score (nSPS) is 11.8. The minimum atomic E-state index is -0.910. The first-order chi connectivity index (χ1) is 7.57. The minimum absolute atomic E-state index is 0.241. The van der Waals surface area contributed by atoms with Crippen LogP contribution in [-0.2, 0) is 4.79 Å². The summed E-state index contributed by atoms with van der Waals surface area (Å²) in [6, 6.07) is 4.97. The number of rotatable bonds is 4. The van der Waals surface area contributed by atoms with E-state index in [4.69, 9.17) is 6.42 Å². The van der Waals surface area contributed by atoms with E-state index in [-0.39, 0.29) is 6.54 Å². The van der Waals surface area contributed by atoms with E-state index in [1.165, 1.54) is 0 Å². The van der Waals surface area contributed by atoms with Crippen molar-refractivity contribution in [2.45, 2.75) is 19.9 Å². The Morgan fingerprint density at radius 2 is 2.06 bits per heavy atom. The van der Waals surface area contributed by atoms with E-state index in [2.05, 4.69) is 11.2 Å². The summed E-state index contributed by atoms with van der Waals surface area (Å²) in [6.07, 6.45) is 5.13. The third kappa shape index (κ3) is 2.62. The number of aryl methyl sites for hydroxylation is 2. The number of terminal acetylenes is 1. The molecule has 0 radical (unpaired) electrons. The maximum atomic E-state index is 11.2. The molecule has 2 N–H and O–H groups in total. The number of hydrogen-bond donors (Lipinski definition) is 2. The third-order valence-electron chi connectivity index (χ3n) is 2.49. The van der Waals surface area contributed by atoms with Gasteiger partial charge in [0.2, 0.25) is 0 Å². The Morgan fingerprint density at radius 1 is 1.50 bits per heavy atom. The molecule has 0 heterocycles. The Hall–Kier alpha value is -1.79. The SMILES string of the molecule is C#CCNC(C(=O)O)c1c(C)cccc1C. The van der Waals surface area contributed by atoms with Crippen molar-refractivity contribution in [3.8, 4) is 12.3 Å². The molecule has 1 rings (SSSR count). The van der Waals surface area contributed by atoms with Crippen LogP contribution in [0.25, 0.3) is 0 Å². The zero-order valence-corrected chi connectivity index (χ0v) is 9.45. The lowest BCUT2D eigenvalue weighted by molar-refractivity contribution is -0.139. The molecule has 1 aromatic rings. The Balaban J connectivity index is 3.11. The molecule has 0 spiro atoms. The van der Waals surface area contributed by atoms with Crippen molar-refractivity contribution in [2.75, 3.05) is 6.54 Å². The van der Waals surface area contributed by atoms with Crippen molar-refractivity contribution < 1.29 is 9.90 Å². The van der Waals surface area contributed by atoms with Gasteiger partial charge in [-0.1, -0.05) is 24.1 Å². The molecule has 0 aliphatic carbocycles. The van der Waals surface area contributed by atoms with Gasteiger partial charge < -0.3 is 5.11 Å². The maximum Gasteiger partial charge on any atom is 0.325 e. The van der Waals surface area contributed by atoms with Crippen molar-refractivity contribution in [3.63, 3.8) is 0 Å². The van der Waals surface area contributed by atoms with Crippen LogP contribution in [0.1, 0.15) is 22.7 Å². The summed E-state index contributed by atoms with van der Waals surface area (Å²) in [5, 5.41) is 12.0. The van der Waals surface area contributed by atoms with E-state index in [0.717, 1.165) is 16.7 Å². The van der Waals surface area contributed by atoms with Crippen molar-refractivity contribution in [1.82, 2.24) is 5.32 Å². The number of benzene rings is 1. The molecule has 0 bridgehead atoms. The quantitative estimate of drug-likeness (QED) is 0.754. The molecule has 0 saturated heterocycles. The van der Waals surface area contributed by atoms with Gasteiger partial charge in [-0.2, -0.15) is 0 Å². The molecule has 0 saturated carbocycles. The molecule has 84 valence electrons. The summed E-state index contributed by atoms with van der Waals surface area (Å²) in [4.78, 5) is 11.2. The van der Waals surface area contributed by atoms with Gasteiger partial charge in [0.15, 0.2) is 0 Å². The predicted molar refractivity (Wildman–Crippen MR) is 63.1 cm³/mol. The highest BCUT2D eigenvalue weighted by Crippen LogP contribution is 2.21. The van der Waals surface area contributed by atoms with E-state index < -0.39 is 12.0 Å². The second kappa shape index (κ2) is 5.34. The maximum absolute atomic E-state index is 11.2. The number of carboxylic acids is 1. The van der Waals surface area contributed by atoms with Crippen LogP contribution in [0.15, 0.2) is 18.2 Å². The summed E-state index contributed by atoms with van der Waals surface area (Å²) >= 11 is 0. The van der Waals surface area contributed by atoms with Crippen molar-refractivity contribution in [2.24, 2.45) is 0 Å².